The number of hydrogen-bond acceptors (Lipinski definition) is 2. The molecule has 2 aliphatic carbocycles. The van der Waals surface area contributed by atoms with E-state index >= 15 is 0 Å². The Balaban J connectivity index is 2.57. The van der Waals surface area contributed by atoms with E-state index in [4.69, 9.17) is 0 Å². The molecule has 20 heavy (non-hydrogen) atoms. The number of rotatable bonds is 0. The number of hydrogen-bond donors (Lipinski definition) is 1. The zero-order valence-electron chi connectivity index (χ0n) is 11.0. The van der Waals surface area contributed by atoms with Crippen molar-refractivity contribution in [2.24, 2.45) is 0 Å². The molecule has 0 amide bonds. The van der Waals surface area contributed by atoms with Gasteiger partial charge in [0.2, 0.25) is 0 Å². The highest BCUT2D eigenvalue weighted by atomic mass is 16.3. The molecular weight excluding hydrogens is 248 g/mol. The van der Waals surface area contributed by atoms with Gasteiger partial charge in [-0.1, -0.05) is 48.5 Å². The number of benzene rings is 2. The zero-order chi connectivity index (χ0) is 13.9. The van der Waals surface area contributed by atoms with E-state index in [0.29, 0.717) is 10.4 Å². The second kappa shape index (κ2) is 3.70. The van der Waals surface area contributed by atoms with Gasteiger partial charge in [0.15, 0.2) is 5.43 Å². The molecule has 0 heterocycles. The van der Waals surface area contributed by atoms with Gasteiger partial charge in [0.25, 0.3) is 0 Å². The van der Waals surface area contributed by atoms with Crippen LogP contribution >= 0.6 is 0 Å². The molecule has 0 saturated carbocycles. The highest BCUT2D eigenvalue weighted by molar-refractivity contribution is 6.10. The smallest absolute Gasteiger partial charge is 0.195 e. The van der Waals surface area contributed by atoms with E-state index in [1.807, 2.05) is 48.5 Å². The Morgan fingerprint density at radius 1 is 0.950 bits per heavy atom. The van der Waals surface area contributed by atoms with E-state index in [2.05, 4.69) is 0 Å². The fraction of sp³-hybridized carbons (Fsp3) is 0.0556. The Hall–Kier alpha value is -2.61. The summed E-state index contributed by atoms with van der Waals surface area (Å²) < 4.78 is 0. The molecule has 2 aromatic rings. The second-order valence-electron chi connectivity index (χ2n) is 5.16. The lowest BCUT2D eigenvalue weighted by Gasteiger charge is -2.04. The summed E-state index contributed by atoms with van der Waals surface area (Å²) in [6, 6.07) is 15.6. The summed E-state index contributed by atoms with van der Waals surface area (Å²) in [6.07, 6.45) is 0. The minimum Gasteiger partial charge on any atom is -0.512 e. The molecule has 0 bridgehead atoms. The molecule has 2 nitrogen and oxygen atoms in total. The first-order valence-corrected chi connectivity index (χ1v) is 6.58. The van der Waals surface area contributed by atoms with Crippen LogP contribution in [0.2, 0.25) is 0 Å². The first-order valence-electron chi connectivity index (χ1n) is 6.58. The van der Waals surface area contributed by atoms with Crippen LogP contribution in [0, 0.1) is 10.4 Å². The summed E-state index contributed by atoms with van der Waals surface area (Å²) in [7, 11) is 0. The normalized spacial score (nSPS) is 13.4. The third-order valence-electron chi connectivity index (χ3n) is 4.01. The van der Waals surface area contributed by atoms with Crippen molar-refractivity contribution in [3.05, 3.63) is 74.4 Å². The van der Waals surface area contributed by atoms with Crippen LogP contribution < -0.4 is 10.6 Å². The van der Waals surface area contributed by atoms with Gasteiger partial charge in [0.1, 0.15) is 0 Å². The molecule has 2 aliphatic rings. The molecule has 0 fully saturated rings. The van der Waals surface area contributed by atoms with E-state index in [1.54, 1.807) is 6.92 Å². The topological polar surface area (TPSA) is 37.3 Å². The number of fused-ring (bicyclic) bond motifs is 1. The van der Waals surface area contributed by atoms with Crippen LogP contribution in [-0.4, -0.2) is 5.11 Å². The molecular formula is C18H12O2. The highest BCUT2D eigenvalue weighted by Gasteiger charge is 2.10. The Morgan fingerprint density at radius 3 is 2.35 bits per heavy atom. The molecule has 0 atom stereocenters. The van der Waals surface area contributed by atoms with Crippen molar-refractivity contribution in [3.63, 3.8) is 0 Å². The van der Waals surface area contributed by atoms with Crippen molar-refractivity contribution < 1.29 is 5.11 Å². The lowest BCUT2D eigenvalue weighted by Crippen LogP contribution is -2.15. The lowest BCUT2D eigenvalue weighted by atomic mass is 9.98. The van der Waals surface area contributed by atoms with Crippen LogP contribution in [0.5, 0.6) is 0 Å². The van der Waals surface area contributed by atoms with E-state index in [1.165, 1.54) is 0 Å². The van der Waals surface area contributed by atoms with Gasteiger partial charge in [-0.05, 0) is 22.9 Å². The summed E-state index contributed by atoms with van der Waals surface area (Å²) in [5.74, 6) is 0.186. The van der Waals surface area contributed by atoms with Gasteiger partial charge >= 0.3 is 0 Å². The second-order valence-corrected chi connectivity index (χ2v) is 5.16. The van der Waals surface area contributed by atoms with Crippen molar-refractivity contribution in [1.29, 1.82) is 0 Å². The van der Waals surface area contributed by atoms with Gasteiger partial charge in [0.05, 0.1) is 5.76 Å². The van der Waals surface area contributed by atoms with E-state index in [9.17, 15) is 9.90 Å². The van der Waals surface area contributed by atoms with Gasteiger partial charge in [-0.2, -0.15) is 0 Å². The summed E-state index contributed by atoms with van der Waals surface area (Å²) in [5, 5.41) is 15.8. The van der Waals surface area contributed by atoms with Gasteiger partial charge in [0, 0.05) is 21.2 Å². The molecule has 0 spiro atoms. The molecule has 96 valence electrons. The average molecular weight is 260 g/mol. The standard InChI is InChI=1S/C18H12O2/c1-10(19)12-8-9-14-13-6-2-4-11-5-3-7-15(16(11)13)18(20)17(12)14/h2-9,19H,1H3/b12-10+. The first-order chi connectivity index (χ1) is 9.68. The van der Waals surface area contributed by atoms with Crippen molar-refractivity contribution in [2.75, 3.05) is 0 Å². The van der Waals surface area contributed by atoms with E-state index in [0.717, 1.165) is 26.8 Å². The predicted molar refractivity (Wildman–Crippen MR) is 81.1 cm³/mol. The SMILES string of the molecule is C/C(O)=c1/ccc2c3cccc4cccc(c(=O)c1=2)c43. The molecule has 1 N–H and O–H groups in total. The maximum absolute atomic E-state index is 12.8. The van der Waals surface area contributed by atoms with Crippen LogP contribution in [0.3, 0.4) is 0 Å². The Morgan fingerprint density at radius 2 is 1.65 bits per heavy atom. The minimum absolute atomic E-state index is 0.00213. The van der Waals surface area contributed by atoms with Gasteiger partial charge in [-0.25, -0.2) is 0 Å². The Bertz CT molecular complexity index is 1120. The van der Waals surface area contributed by atoms with Gasteiger partial charge in [-0.15, -0.1) is 0 Å². The maximum atomic E-state index is 12.8. The van der Waals surface area contributed by atoms with Crippen molar-refractivity contribution in [1.82, 2.24) is 0 Å². The molecule has 0 unspecified atom stereocenters. The van der Waals surface area contributed by atoms with Crippen LogP contribution in [0.4, 0.5) is 0 Å². The third-order valence-corrected chi connectivity index (χ3v) is 4.01. The van der Waals surface area contributed by atoms with E-state index in [-0.39, 0.29) is 11.2 Å². The lowest BCUT2D eigenvalue weighted by molar-refractivity contribution is 0.498. The van der Waals surface area contributed by atoms with E-state index < -0.39 is 0 Å². The van der Waals surface area contributed by atoms with Crippen LogP contribution in [0.25, 0.3) is 27.3 Å². The van der Waals surface area contributed by atoms with Crippen LogP contribution in [0.1, 0.15) is 6.92 Å². The average Bonchev–Trinajstić information content (AvgIpc) is 2.90. The summed E-state index contributed by atoms with van der Waals surface area (Å²) in [5.41, 5.74) is -0.00213. The number of aliphatic hydroxyl groups is 1. The monoisotopic (exact) mass is 260 g/mol. The molecule has 0 aromatic heterocycles. The minimum atomic E-state index is -0.00213. The fourth-order valence-electron chi connectivity index (χ4n) is 3.14. The molecule has 2 aromatic carbocycles. The van der Waals surface area contributed by atoms with Crippen molar-refractivity contribution >= 4 is 27.3 Å². The number of aliphatic hydroxyl groups excluding tert-OH is 1. The molecule has 2 heteroatoms. The first kappa shape index (κ1) is 11.2. The molecule has 4 rings (SSSR count). The molecule has 0 saturated heterocycles. The van der Waals surface area contributed by atoms with Crippen molar-refractivity contribution in [3.8, 4) is 0 Å². The molecule has 0 radical (unpaired) electrons. The van der Waals surface area contributed by atoms with Crippen molar-refractivity contribution in [2.45, 2.75) is 6.92 Å². The summed E-state index contributed by atoms with van der Waals surface area (Å²) >= 11 is 0. The fourth-order valence-corrected chi connectivity index (χ4v) is 3.14. The summed E-state index contributed by atoms with van der Waals surface area (Å²) in [6.45, 7) is 1.62. The quantitative estimate of drug-likeness (QED) is 0.528. The maximum Gasteiger partial charge on any atom is 0.195 e. The largest absolute Gasteiger partial charge is 0.512 e. The predicted octanol–water partition coefficient (Wildman–Crippen LogP) is 2.92. The highest BCUT2D eigenvalue weighted by Crippen LogP contribution is 2.25. The van der Waals surface area contributed by atoms with Crippen LogP contribution in [-0.2, 0) is 0 Å². The molecule has 0 aliphatic heterocycles. The Labute approximate surface area is 114 Å². The van der Waals surface area contributed by atoms with Crippen LogP contribution in [0.15, 0.2) is 53.3 Å². The van der Waals surface area contributed by atoms with Gasteiger partial charge in [-0.3, -0.25) is 4.79 Å². The third kappa shape index (κ3) is 1.26. The Kier molecular flexibility index (Phi) is 2.08. The summed E-state index contributed by atoms with van der Waals surface area (Å²) in [4.78, 5) is 12.8. The zero-order valence-corrected chi connectivity index (χ0v) is 11.0. The van der Waals surface area contributed by atoms with Gasteiger partial charge < -0.3 is 5.11 Å².